The molecule has 4 rings (SSSR count). The van der Waals surface area contributed by atoms with Crippen molar-refractivity contribution in [3.8, 4) is 17.2 Å². The molecule has 0 radical (unpaired) electrons. The highest BCUT2D eigenvalue weighted by atomic mass is 32.1. The number of rotatable bonds is 7. The van der Waals surface area contributed by atoms with Crippen LogP contribution in [-0.2, 0) is 14.3 Å². The summed E-state index contributed by atoms with van der Waals surface area (Å²) in [5, 5.41) is 0. The number of carbonyl (C=O) groups is 2. The highest BCUT2D eigenvalue weighted by Crippen LogP contribution is 2.35. The Balaban J connectivity index is 1.92. The molecular formula is C27H26N2O7S. The van der Waals surface area contributed by atoms with Gasteiger partial charge in [0.25, 0.3) is 5.56 Å². The van der Waals surface area contributed by atoms with Crippen molar-refractivity contribution in [2.24, 2.45) is 4.99 Å². The number of fused-ring (bicyclic) bond motifs is 1. The second-order valence-electron chi connectivity index (χ2n) is 8.05. The summed E-state index contributed by atoms with van der Waals surface area (Å²) in [6.45, 7) is 4.94. The fourth-order valence-corrected chi connectivity index (χ4v) is 5.19. The number of hydrogen-bond donors (Lipinski definition) is 0. The first-order valence-electron chi connectivity index (χ1n) is 11.5. The summed E-state index contributed by atoms with van der Waals surface area (Å²) in [6.07, 6.45) is 1.70. The van der Waals surface area contributed by atoms with E-state index in [9.17, 15) is 14.4 Å². The molecule has 2 aromatic carbocycles. The van der Waals surface area contributed by atoms with Crippen LogP contribution in [-0.4, -0.2) is 37.3 Å². The molecule has 0 unspecified atom stereocenters. The summed E-state index contributed by atoms with van der Waals surface area (Å²) in [5.41, 5.74) is 1.72. The highest BCUT2D eigenvalue weighted by molar-refractivity contribution is 7.07. The van der Waals surface area contributed by atoms with Gasteiger partial charge in [0.15, 0.2) is 16.3 Å². The number of thiazole rings is 1. The third kappa shape index (κ3) is 5.05. The van der Waals surface area contributed by atoms with E-state index in [4.69, 9.17) is 18.9 Å². The molecule has 0 saturated heterocycles. The highest BCUT2D eigenvalue weighted by Gasteiger charge is 2.34. The molecule has 0 spiro atoms. The molecule has 3 aromatic rings. The molecule has 192 valence electrons. The standard InChI is InChI=1S/C27H26N2O7S/c1-6-35-26(32)23-15(2)28-27-29(24(23)18-9-7-8-10-19(18)33-4)25(31)22(37-27)14-17-11-12-20(36-16(3)30)21(13-17)34-5/h7-14,24H,6H2,1-5H3/b22-14+/t24-/m1/s1. The maximum Gasteiger partial charge on any atom is 0.338 e. The average molecular weight is 523 g/mol. The summed E-state index contributed by atoms with van der Waals surface area (Å²) in [7, 11) is 3.00. The van der Waals surface area contributed by atoms with E-state index in [-0.39, 0.29) is 23.5 Å². The van der Waals surface area contributed by atoms with Gasteiger partial charge in [-0.15, -0.1) is 0 Å². The number of para-hydroxylation sites is 1. The molecule has 0 bridgehead atoms. The number of nitrogens with zero attached hydrogens (tertiary/aromatic N) is 2. The summed E-state index contributed by atoms with van der Waals surface area (Å²) in [5.74, 6) is 0.149. The number of ether oxygens (including phenoxy) is 4. The van der Waals surface area contributed by atoms with Crippen LogP contribution >= 0.6 is 11.3 Å². The molecule has 0 aliphatic carbocycles. The molecule has 0 saturated carbocycles. The number of carbonyl (C=O) groups excluding carboxylic acids is 2. The predicted octanol–water partition coefficient (Wildman–Crippen LogP) is 2.74. The van der Waals surface area contributed by atoms with E-state index in [0.717, 1.165) is 0 Å². The topological polar surface area (TPSA) is 105 Å². The van der Waals surface area contributed by atoms with E-state index in [1.165, 1.54) is 37.0 Å². The molecule has 1 atom stereocenters. The summed E-state index contributed by atoms with van der Waals surface area (Å²) in [4.78, 5) is 43.2. The zero-order valence-corrected chi connectivity index (χ0v) is 21.9. The van der Waals surface area contributed by atoms with Crippen molar-refractivity contribution in [1.82, 2.24) is 4.57 Å². The van der Waals surface area contributed by atoms with Gasteiger partial charge in [-0.2, -0.15) is 0 Å². The van der Waals surface area contributed by atoms with Gasteiger partial charge in [0.1, 0.15) is 11.8 Å². The first-order chi connectivity index (χ1) is 17.8. The molecule has 0 N–H and O–H groups in total. The molecule has 0 amide bonds. The molecule has 1 aliphatic heterocycles. The third-order valence-corrected chi connectivity index (χ3v) is 6.67. The Kier molecular flexibility index (Phi) is 7.58. The second kappa shape index (κ2) is 10.8. The number of allylic oxidation sites excluding steroid dienone is 1. The van der Waals surface area contributed by atoms with Gasteiger partial charge >= 0.3 is 11.9 Å². The van der Waals surface area contributed by atoms with Crippen LogP contribution in [0.5, 0.6) is 17.2 Å². The van der Waals surface area contributed by atoms with Gasteiger partial charge in [-0.25, -0.2) is 9.79 Å². The Labute approximate surface area is 216 Å². The lowest BCUT2D eigenvalue weighted by atomic mass is 9.95. The van der Waals surface area contributed by atoms with Crippen molar-refractivity contribution in [3.05, 3.63) is 84.5 Å². The van der Waals surface area contributed by atoms with Crippen LogP contribution in [0.3, 0.4) is 0 Å². The largest absolute Gasteiger partial charge is 0.496 e. The third-order valence-electron chi connectivity index (χ3n) is 5.69. The molecule has 1 aliphatic rings. The van der Waals surface area contributed by atoms with Gasteiger partial charge in [-0.05, 0) is 43.7 Å². The average Bonchev–Trinajstić information content (AvgIpc) is 3.17. The molecule has 10 heteroatoms. The Morgan fingerprint density at radius 2 is 1.81 bits per heavy atom. The molecule has 9 nitrogen and oxygen atoms in total. The smallest absolute Gasteiger partial charge is 0.338 e. The van der Waals surface area contributed by atoms with E-state index >= 15 is 0 Å². The van der Waals surface area contributed by atoms with Crippen LogP contribution in [0.25, 0.3) is 6.08 Å². The number of aromatic nitrogens is 1. The minimum Gasteiger partial charge on any atom is -0.496 e. The lowest BCUT2D eigenvalue weighted by molar-refractivity contribution is -0.139. The van der Waals surface area contributed by atoms with Crippen molar-refractivity contribution in [3.63, 3.8) is 0 Å². The Morgan fingerprint density at radius 1 is 1.08 bits per heavy atom. The lowest BCUT2D eigenvalue weighted by Gasteiger charge is -2.25. The number of methoxy groups -OCH3 is 2. The van der Waals surface area contributed by atoms with Crippen LogP contribution in [0.1, 0.15) is 37.9 Å². The Morgan fingerprint density at radius 3 is 2.49 bits per heavy atom. The van der Waals surface area contributed by atoms with Crippen LogP contribution in [0.15, 0.2) is 63.5 Å². The second-order valence-corrected chi connectivity index (χ2v) is 9.06. The van der Waals surface area contributed by atoms with E-state index in [1.54, 1.807) is 44.2 Å². The molecular weight excluding hydrogens is 496 g/mol. The fourth-order valence-electron chi connectivity index (χ4n) is 4.14. The zero-order chi connectivity index (χ0) is 26.7. The van der Waals surface area contributed by atoms with Crippen molar-refractivity contribution in [1.29, 1.82) is 0 Å². The van der Waals surface area contributed by atoms with Crippen molar-refractivity contribution in [2.75, 3.05) is 20.8 Å². The van der Waals surface area contributed by atoms with Gasteiger partial charge in [-0.1, -0.05) is 35.6 Å². The number of benzene rings is 2. The SMILES string of the molecule is CCOC(=O)C1=C(C)N=c2s/c(=C/c3ccc(OC(C)=O)c(OC)c3)c(=O)n2[C@@H]1c1ccccc1OC. The summed E-state index contributed by atoms with van der Waals surface area (Å²) >= 11 is 1.20. The van der Waals surface area contributed by atoms with Gasteiger partial charge in [-0.3, -0.25) is 14.2 Å². The number of esters is 2. The number of hydrogen-bond acceptors (Lipinski definition) is 9. The van der Waals surface area contributed by atoms with Crippen molar-refractivity contribution < 1.29 is 28.5 Å². The van der Waals surface area contributed by atoms with E-state index in [1.807, 2.05) is 18.2 Å². The van der Waals surface area contributed by atoms with Gasteiger partial charge in [0, 0.05) is 12.5 Å². The summed E-state index contributed by atoms with van der Waals surface area (Å²) < 4.78 is 23.3. The van der Waals surface area contributed by atoms with Crippen molar-refractivity contribution >= 4 is 29.4 Å². The molecule has 1 aromatic heterocycles. The normalized spacial score (nSPS) is 15.1. The molecule has 2 heterocycles. The van der Waals surface area contributed by atoms with E-state index in [0.29, 0.717) is 37.7 Å². The van der Waals surface area contributed by atoms with Crippen molar-refractivity contribution in [2.45, 2.75) is 26.8 Å². The summed E-state index contributed by atoms with van der Waals surface area (Å²) in [6, 6.07) is 11.4. The quantitative estimate of drug-likeness (QED) is 0.347. The van der Waals surface area contributed by atoms with Gasteiger partial charge in [0.2, 0.25) is 0 Å². The Hall–Kier alpha value is -4.18. The first-order valence-corrected chi connectivity index (χ1v) is 12.3. The lowest BCUT2D eigenvalue weighted by Crippen LogP contribution is -2.40. The Bertz CT molecular complexity index is 1580. The maximum absolute atomic E-state index is 13.8. The van der Waals surface area contributed by atoms with Crippen LogP contribution < -0.4 is 29.1 Å². The fraction of sp³-hybridized carbons (Fsp3) is 0.259. The van der Waals surface area contributed by atoms with E-state index < -0.39 is 18.0 Å². The van der Waals surface area contributed by atoms with Crippen LogP contribution in [0.4, 0.5) is 0 Å². The van der Waals surface area contributed by atoms with E-state index in [2.05, 4.69) is 4.99 Å². The molecule has 37 heavy (non-hydrogen) atoms. The van der Waals surface area contributed by atoms with Gasteiger partial charge < -0.3 is 18.9 Å². The zero-order valence-electron chi connectivity index (χ0n) is 21.1. The minimum absolute atomic E-state index is 0.184. The first kappa shape index (κ1) is 25.9. The minimum atomic E-state index is -0.783. The van der Waals surface area contributed by atoms with Crippen LogP contribution in [0.2, 0.25) is 0 Å². The predicted molar refractivity (Wildman–Crippen MR) is 138 cm³/mol. The van der Waals surface area contributed by atoms with Crippen LogP contribution in [0, 0.1) is 0 Å². The molecule has 0 fully saturated rings. The monoisotopic (exact) mass is 522 g/mol. The van der Waals surface area contributed by atoms with Gasteiger partial charge in [0.05, 0.1) is 36.6 Å². The maximum atomic E-state index is 13.8.